The maximum atomic E-state index is 12.8. The Kier molecular flexibility index (Phi) is 3.97. The molecule has 4 rings (SSSR count). The zero-order valence-corrected chi connectivity index (χ0v) is 14.2. The van der Waals surface area contributed by atoms with Crippen molar-refractivity contribution in [3.63, 3.8) is 0 Å². The van der Waals surface area contributed by atoms with Gasteiger partial charge in [0, 0.05) is 10.9 Å². The number of ether oxygens (including phenoxy) is 1. The Labute approximate surface area is 150 Å². The van der Waals surface area contributed by atoms with Gasteiger partial charge in [-0.05, 0) is 36.6 Å². The number of carbonyl (C=O) groups excluding carboxylic acids is 2. The van der Waals surface area contributed by atoms with Gasteiger partial charge in [0.25, 0.3) is 11.8 Å². The van der Waals surface area contributed by atoms with E-state index in [4.69, 9.17) is 4.74 Å². The van der Waals surface area contributed by atoms with Crippen LogP contribution in [0.25, 0.3) is 10.8 Å². The highest BCUT2D eigenvalue weighted by Crippen LogP contribution is 2.30. The molecule has 26 heavy (non-hydrogen) atoms. The molecule has 0 aliphatic carbocycles. The maximum Gasteiger partial charge on any atom is 0.282 e. The summed E-state index contributed by atoms with van der Waals surface area (Å²) in [6.07, 6.45) is 1.48. The van der Waals surface area contributed by atoms with Crippen molar-refractivity contribution in [2.75, 3.05) is 6.61 Å². The number of hydrogen-bond acceptors (Lipinski definition) is 4. The average molecular weight is 344 g/mol. The van der Waals surface area contributed by atoms with Gasteiger partial charge in [-0.3, -0.25) is 9.59 Å². The van der Waals surface area contributed by atoms with Crippen LogP contribution in [0.2, 0.25) is 0 Å². The van der Waals surface area contributed by atoms with Gasteiger partial charge in [0.05, 0.1) is 23.9 Å². The van der Waals surface area contributed by atoms with Crippen molar-refractivity contribution in [1.82, 2.24) is 5.01 Å². The van der Waals surface area contributed by atoms with Crippen LogP contribution in [0.15, 0.2) is 65.8 Å². The first-order valence-electron chi connectivity index (χ1n) is 8.37. The highest BCUT2D eigenvalue weighted by Gasteiger charge is 2.32. The van der Waals surface area contributed by atoms with Crippen LogP contribution < -0.4 is 4.74 Å². The molecule has 0 fully saturated rings. The third-order valence-electron chi connectivity index (χ3n) is 4.28. The molecular weight excluding hydrogens is 328 g/mol. The van der Waals surface area contributed by atoms with E-state index in [9.17, 15) is 9.59 Å². The third-order valence-corrected chi connectivity index (χ3v) is 4.28. The standard InChI is InChI=1S/C21H16N2O3/c1-2-26-18-12-4-3-7-15(18)13-22-23-20(24)16-10-5-8-14-9-6-11-17(19(14)16)21(23)25/h3-13H,2H2,1H3/b22-13-. The molecule has 0 unspecified atom stereocenters. The summed E-state index contributed by atoms with van der Waals surface area (Å²) < 4.78 is 5.55. The number of nitrogens with zero attached hydrogens (tertiary/aromatic N) is 2. The second-order valence-electron chi connectivity index (χ2n) is 5.85. The Hall–Kier alpha value is -3.47. The summed E-state index contributed by atoms with van der Waals surface area (Å²) in [5, 5.41) is 6.64. The fourth-order valence-corrected chi connectivity index (χ4v) is 3.12. The molecule has 0 spiro atoms. The summed E-state index contributed by atoms with van der Waals surface area (Å²) in [5.74, 6) is -0.202. The molecule has 2 amide bonds. The van der Waals surface area contributed by atoms with Crippen molar-refractivity contribution < 1.29 is 14.3 Å². The van der Waals surface area contributed by atoms with Gasteiger partial charge in [-0.1, -0.05) is 36.4 Å². The molecule has 1 aliphatic heterocycles. The van der Waals surface area contributed by atoms with Gasteiger partial charge in [0.1, 0.15) is 5.75 Å². The van der Waals surface area contributed by atoms with E-state index in [0.717, 1.165) is 10.4 Å². The molecule has 1 aliphatic rings. The molecule has 1 heterocycles. The first-order chi connectivity index (χ1) is 12.7. The van der Waals surface area contributed by atoms with Gasteiger partial charge in [0.15, 0.2) is 0 Å². The summed E-state index contributed by atoms with van der Waals surface area (Å²) in [6, 6.07) is 18.2. The van der Waals surface area contributed by atoms with Crippen molar-refractivity contribution in [3.05, 3.63) is 77.4 Å². The number of imide groups is 1. The van der Waals surface area contributed by atoms with E-state index in [-0.39, 0.29) is 0 Å². The van der Waals surface area contributed by atoms with Crippen LogP contribution in [0.3, 0.4) is 0 Å². The van der Waals surface area contributed by atoms with E-state index >= 15 is 0 Å². The van der Waals surface area contributed by atoms with Gasteiger partial charge in [-0.15, -0.1) is 0 Å². The smallest absolute Gasteiger partial charge is 0.282 e. The van der Waals surface area contributed by atoms with Crippen molar-refractivity contribution in [3.8, 4) is 5.75 Å². The Bertz CT molecular complexity index is 1010. The van der Waals surface area contributed by atoms with Crippen LogP contribution in [0.5, 0.6) is 5.75 Å². The molecule has 0 aromatic heterocycles. The molecule has 128 valence electrons. The molecule has 3 aromatic carbocycles. The van der Waals surface area contributed by atoms with Crippen LogP contribution in [-0.2, 0) is 0 Å². The number of rotatable bonds is 4. The lowest BCUT2D eigenvalue weighted by atomic mass is 9.95. The molecular formula is C21H16N2O3. The number of benzene rings is 3. The number of hydrogen-bond donors (Lipinski definition) is 0. The summed E-state index contributed by atoms with van der Waals surface area (Å²) in [6.45, 7) is 2.41. The predicted octanol–water partition coefficient (Wildman–Crippen LogP) is 3.87. The lowest BCUT2D eigenvalue weighted by Gasteiger charge is -2.23. The topological polar surface area (TPSA) is 59.0 Å². The highest BCUT2D eigenvalue weighted by molar-refractivity contribution is 6.25. The minimum atomic E-state index is -0.426. The quantitative estimate of drug-likeness (QED) is 0.533. The lowest BCUT2D eigenvalue weighted by Crippen LogP contribution is -2.36. The summed E-state index contributed by atoms with van der Waals surface area (Å²) in [5.41, 5.74) is 1.66. The second-order valence-corrected chi connectivity index (χ2v) is 5.85. The van der Waals surface area contributed by atoms with Crippen LogP contribution in [0.1, 0.15) is 33.2 Å². The molecule has 5 nitrogen and oxygen atoms in total. The maximum absolute atomic E-state index is 12.8. The Morgan fingerprint density at radius 3 is 2.23 bits per heavy atom. The first-order valence-corrected chi connectivity index (χ1v) is 8.37. The van der Waals surface area contributed by atoms with Gasteiger partial charge in [-0.25, -0.2) is 0 Å². The van der Waals surface area contributed by atoms with Crippen molar-refractivity contribution in [2.45, 2.75) is 6.92 Å². The molecule has 0 N–H and O–H groups in total. The van der Waals surface area contributed by atoms with Gasteiger partial charge in [0.2, 0.25) is 0 Å². The Morgan fingerprint density at radius 1 is 0.923 bits per heavy atom. The second kappa shape index (κ2) is 6.44. The fourth-order valence-electron chi connectivity index (χ4n) is 3.12. The molecule has 0 saturated carbocycles. The van der Waals surface area contributed by atoms with Gasteiger partial charge < -0.3 is 4.74 Å². The van der Waals surface area contributed by atoms with E-state index in [0.29, 0.717) is 34.4 Å². The normalized spacial score (nSPS) is 13.7. The minimum Gasteiger partial charge on any atom is -0.493 e. The van der Waals surface area contributed by atoms with Crippen LogP contribution >= 0.6 is 0 Å². The molecule has 5 heteroatoms. The Balaban J connectivity index is 1.76. The molecule has 0 radical (unpaired) electrons. The monoisotopic (exact) mass is 344 g/mol. The number of hydrazone groups is 1. The first kappa shape index (κ1) is 16.0. The summed E-state index contributed by atoms with van der Waals surface area (Å²) in [4.78, 5) is 25.6. The fraction of sp³-hybridized carbons (Fsp3) is 0.0952. The number of para-hydroxylation sites is 1. The molecule has 0 bridgehead atoms. The summed E-state index contributed by atoms with van der Waals surface area (Å²) in [7, 11) is 0. The zero-order chi connectivity index (χ0) is 18.1. The molecule has 3 aromatic rings. The van der Waals surface area contributed by atoms with Crippen molar-refractivity contribution >= 4 is 28.8 Å². The van der Waals surface area contributed by atoms with Gasteiger partial charge >= 0.3 is 0 Å². The molecule has 0 saturated heterocycles. The van der Waals surface area contributed by atoms with E-state index in [1.807, 2.05) is 43.3 Å². The number of amides is 2. The summed E-state index contributed by atoms with van der Waals surface area (Å²) >= 11 is 0. The number of carbonyl (C=O) groups is 2. The van der Waals surface area contributed by atoms with Crippen molar-refractivity contribution in [2.24, 2.45) is 5.10 Å². The van der Waals surface area contributed by atoms with E-state index in [2.05, 4.69) is 5.10 Å². The predicted molar refractivity (Wildman–Crippen MR) is 99.7 cm³/mol. The van der Waals surface area contributed by atoms with E-state index in [1.165, 1.54) is 6.21 Å². The Morgan fingerprint density at radius 2 is 1.58 bits per heavy atom. The average Bonchev–Trinajstić information content (AvgIpc) is 2.67. The van der Waals surface area contributed by atoms with Crippen LogP contribution in [0, 0.1) is 0 Å². The van der Waals surface area contributed by atoms with Crippen LogP contribution in [0.4, 0.5) is 0 Å². The highest BCUT2D eigenvalue weighted by atomic mass is 16.5. The van der Waals surface area contributed by atoms with E-state index < -0.39 is 11.8 Å². The van der Waals surface area contributed by atoms with Crippen LogP contribution in [-0.4, -0.2) is 29.6 Å². The van der Waals surface area contributed by atoms with E-state index in [1.54, 1.807) is 24.3 Å². The SMILES string of the molecule is CCOc1ccccc1/C=N\N1C(=O)c2cccc3cccc(c23)C1=O. The zero-order valence-electron chi connectivity index (χ0n) is 14.2. The van der Waals surface area contributed by atoms with Gasteiger partial charge in [-0.2, -0.15) is 10.1 Å². The molecule has 0 atom stereocenters. The lowest BCUT2D eigenvalue weighted by molar-refractivity contribution is 0.0616. The largest absolute Gasteiger partial charge is 0.493 e. The third kappa shape index (κ3) is 2.54. The minimum absolute atomic E-state index is 0.426. The van der Waals surface area contributed by atoms with Crippen molar-refractivity contribution in [1.29, 1.82) is 0 Å².